The summed E-state index contributed by atoms with van der Waals surface area (Å²) in [4.78, 5) is 25.3. The number of hydrogen-bond donors (Lipinski definition) is 2. The lowest BCUT2D eigenvalue weighted by atomic mass is 10.0. The molecule has 7 nitrogen and oxygen atoms in total. The van der Waals surface area contributed by atoms with Crippen LogP contribution in [0.3, 0.4) is 0 Å². The van der Waals surface area contributed by atoms with Crippen LogP contribution in [0.1, 0.15) is 47.8 Å². The molecule has 0 spiro atoms. The number of benzene rings is 3. The summed E-state index contributed by atoms with van der Waals surface area (Å²) in [5, 5.41) is 6.75. The summed E-state index contributed by atoms with van der Waals surface area (Å²) < 4.78 is 25.6. The molecule has 0 heterocycles. The smallest absolute Gasteiger partial charge is 0.262 e. The van der Waals surface area contributed by atoms with E-state index in [1.807, 2.05) is 38.1 Å². The molecule has 0 aliphatic rings. The number of carbonyl (C=O) groups is 2. The molecule has 0 aromatic heterocycles. The first-order chi connectivity index (χ1) is 18.2. The van der Waals surface area contributed by atoms with Crippen LogP contribution >= 0.6 is 15.9 Å². The first-order valence-electron chi connectivity index (χ1n) is 12.2. The van der Waals surface area contributed by atoms with E-state index in [9.17, 15) is 14.0 Å². The molecule has 0 aliphatic carbocycles. The van der Waals surface area contributed by atoms with Crippen LogP contribution in [0.4, 0.5) is 4.39 Å². The van der Waals surface area contributed by atoms with E-state index in [2.05, 4.69) is 31.8 Å². The second-order valence-corrected chi connectivity index (χ2v) is 9.83. The van der Waals surface area contributed by atoms with Crippen molar-refractivity contribution in [1.82, 2.24) is 10.7 Å². The molecule has 3 aromatic carbocycles. The van der Waals surface area contributed by atoms with Crippen molar-refractivity contribution >= 4 is 34.0 Å². The second kappa shape index (κ2) is 13.7. The van der Waals surface area contributed by atoms with Crippen LogP contribution in [0.25, 0.3) is 0 Å². The van der Waals surface area contributed by atoms with Gasteiger partial charge in [-0.15, -0.1) is 0 Å². The van der Waals surface area contributed by atoms with Crippen LogP contribution in [0.15, 0.2) is 70.2 Å². The van der Waals surface area contributed by atoms with Gasteiger partial charge >= 0.3 is 0 Å². The Morgan fingerprint density at radius 1 is 1.05 bits per heavy atom. The van der Waals surface area contributed by atoms with Crippen LogP contribution in [0.5, 0.6) is 11.5 Å². The largest absolute Gasteiger partial charge is 0.490 e. The van der Waals surface area contributed by atoms with Crippen LogP contribution in [0, 0.1) is 18.7 Å². The quantitative estimate of drug-likeness (QED) is 0.221. The lowest BCUT2D eigenvalue weighted by Crippen LogP contribution is -2.48. The van der Waals surface area contributed by atoms with Crippen molar-refractivity contribution in [3.63, 3.8) is 0 Å². The van der Waals surface area contributed by atoms with Gasteiger partial charge in [0.1, 0.15) is 18.5 Å². The van der Waals surface area contributed by atoms with E-state index in [0.29, 0.717) is 34.7 Å². The monoisotopic (exact) mass is 583 g/mol. The Balaban J connectivity index is 1.67. The lowest BCUT2D eigenvalue weighted by molar-refractivity contribution is -0.123. The highest BCUT2D eigenvalue weighted by Gasteiger charge is 2.24. The van der Waals surface area contributed by atoms with Gasteiger partial charge in [-0.2, -0.15) is 5.10 Å². The first kappa shape index (κ1) is 28.8. The van der Waals surface area contributed by atoms with Crippen molar-refractivity contribution in [2.75, 3.05) is 6.61 Å². The minimum atomic E-state index is -0.840. The lowest BCUT2D eigenvalue weighted by Gasteiger charge is -2.20. The van der Waals surface area contributed by atoms with Gasteiger partial charge in [0.2, 0.25) is 0 Å². The minimum absolute atomic E-state index is 0.210. The van der Waals surface area contributed by atoms with E-state index in [1.54, 1.807) is 26.0 Å². The zero-order chi connectivity index (χ0) is 27.7. The Kier molecular flexibility index (Phi) is 10.4. The van der Waals surface area contributed by atoms with Gasteiger partial charge in [-0.25, -0.2) is 9.82 Å². The van der Waals surface area contributed by atoms with Crippen molar-refractivity contribution in [2.24, 2.45) is 11.0 Å². The summed E-state index contributed by atoms with van der Waals surface area (Å²) in [5.41, 5.74) is 5.61. The van der Waals surface area contributed by atoms with Crippen molar-refractivity contribution in [3.8, 4) is 11.5 Å². The number of amides is 2. The maximum Gasteiger partial charge on any atom is 0.262 e. The molecule has 9 heteroatoms. The zero-order valence-electron chi connectivity index (χ0n) is 21.8. The van der Waals surface area contributed by atoms with Crippen molar-refractivity contribution < 1.29 is 23.5 Å². The number of rotatable bonds is 11. The molecule has 38 heavy (non-hydrogen) atoms. The summed E-state index contributed by atoms with van der Waals surface area (Å²) >= 11 is 3.55. The molecule has 200 valence electrons. The average Bonchev–Trinajstić information content (AvgIpc) is 2.88. The standard InChI is InChI=1S/C29H31BrFN3O4/c1-5-37-25-15-21(14-24(30)27(25)38-17-20-8-6-19(4)7-9-20)16-32-34-29(36)26(18(2)3)33-28(35)22-10-12-23(31)13-11-22/h6-16,18,26H,5,17H2,1-4H3,(H,33,35)(H,34,36)/b32-16+. The number of ether oxygens (including phenoxy) is 2. The summed E-state index contributed by atoms with van der Waals surface area (Å²) in [6.07, 6.45) is 1.48. The molecule has 1 unspecified atom stereocenters. The third kappa shape index (κ3) is 8.14. The van der Waals surface area contributed by atoms with E-state index in [4.69, 9.17) is 9.47 Å². The van der Waals surface area contributed by atoms with Gasteiger partial charge in [-0.05, 0) is 83.2 Å². The molecule has 0 aliphatic heterocycles. The minimum Gasteiger partial charge on any atom is -0.490 e. The molecule has 2 N–H and O–H groups in total. The Morgan fingerprint density at radius 3 is 2.37 bits per heavy atom. The van der Waals surface area contributed by atoms with Crippen molar-refractivity contribution in [1.29, 1.82) is 0 Å². The second-order valence-electron chi connectivity index (χ2n) is 8.97. The van der Waals surface area contributed by atoms with Crippen molar-refractivity contribution in [2.45, 2.75) is 40.3 Å². The molecule has 0 radical (unpaired) electrons. The van der Waals surface area contributed by atoms with Crippen LogP contribution < -0.4 is 20.2 Å². The fourth-order valence-electron chi connectivity index (χ4n) is 3.51. The number of halogens is 2. The van der Waals surface area contributed by atoms with Gasteiger partial charge in [0.25, 0.3) is 11.8 Å². The van der Waals surface area contributed by atoms with Crippen LogP contribution in [-0.2, 0) is 11.4 Å². The Morgan fingerprint density at radius 2 is 1.74 bits per heavy atom. The highest BCUT2D eigenvalue weighted by molar-refractivity contribution is 9.10. The number of aryl methyl sites for hydroxylation is 1. The molecule has 1 atom stereocenters. The fourth-order valence-corrected chi connectivity index (χ4v) is 4.08. The number of hydrazone groups is 1. The van der Waals surface area contributed by atoms with E-state index >= 15 is 0 Å². The predicted octanol–water partition coefficient (Wildman–Crippen LogP) is 5.78. The number of hydrogen-bond acceptors (Lipinski definition) is 5. The SMILES string of the molecule is CCOc1cc(/C=N/NC(=O)C(NC(=O)c2ccc(F)cc2)C(C)C)cc(Br)c1OCc1ccc(C)cc1. The Hall–Kier alpha value is -3.72. The molecule has 0 bridgehead atoms. The third-order valence-corrected chi connectivity index (χ3v) is 6.16. The van der Waals surface area contributed by atoms with Gasteiger partial charge in [-0.3, -0.25) is 9.59 Å². The summed E-state index contributed by atoms with van der Waals surface area (Å²) in [5.74, 6) is -0.508. The van der Waals surface area contributed by atoms with Gasteiger partial charge in [0.15, 0.2) is 11.5 Å². The third-order valence-electron chi connectivity index (χ3n) is 5.57. The number of carbonyl (C=O) groups excluding carboxylic acids is 2. The predicted molar refractivity (Wildman–Crippen MR) is 149 cm³/mol. The molecule has 0 saturated heterocycles. The highest BCUT2D eigenvalue weighted by Crippen LogP contribution is 2.37. The highest BCUT2D eigenvalue weighted by atomic mass is 79.9. The molecular weight excluding hydrogens is 553 g/mol. The molecule has 0 fully saturated rings. The molecule has 0 saturated carbocycles. The van der Waals surface area contributed by atoms with Crippen LogP contribution in [0.2, 0.25) is 0 Å². The van der Waals surface area contributed by atoms with E-state index in [1.165, 1.54) is 36.0 Å². The topological polar surface area (TPSA) is 89.0 Å². The number of nitrogens with zero attached hydrogens (tertiary/aromatic N) is 1. The van der Waals surface area contributed by atoms with E-state index in [-0.39, 0.29) is 11.5 Å². The number of nitrogens with one attached hydrogen (secondary N) is 2. The summed E-state index contributed by atoms with van der Waals surface area (Å²) in [6.45, 7) is 8.34. The van der Waals surface area contributed by atoms with Gasteiger partial charge in [-0.1, -0.05) is 43.7 Å². The van der Waals surface area contributed by atoms with E-state index < -0.39 is 23.7 Å². The Labute approximate surface area is 230 Å². The molecule has 2 amide bonds. The Bertz CT molecular complexity index is 1280. The van der Waals surface area contributed by atoms with Gasteiger partial charge in [0.05, 0.1) is 17.3 Å². The molecular formula is C29H31BrFN3O4. The zero-order valence-corrected chi connectivity index (χ0v) is 23.3. The van der Waals surface area contributed by atoms with Crippen molar-refractivity contribution in [3.05, 3.63) is 93.2 Å². The summed E-state index contributed by atoms with van der Waals surface area (Å²) in [6, 6.07) is 15.9. The van der Waals surface area contributed by atoms with Gasteiger partial charge < -0.3 is 14.8 Å². The average molecular weight is 584 g/mol. The van der Waals surface area contributed by atoms with E-state index in [0.717, 1.165) is 5.56 Å². The fraction of sp³-hybridized carbons (Fsp3) is 0.276. The van der Waals surface area contributed by atoms with Crippen LogP contribution in [-0.4, -0.2) is 30.7 Å². The first-order valence-corrected chi connectivity index (χ1v) is 13.0. The maximum absolute atomic E-state index is 13.2. The maximum atomic E-state index is 13.2. The van der Waals surface area contributed by atoms with Gasteiger partial charge in [0, 0.05) is 5.56 Å². The summed E-state index contributed by atoms with van der Waals surface area (Å²) in [7, 11) is 0. The normalized spacial score (nSPS) is 11.9. The molecule has 3 rings (SSSR count). The molecule has 3 aromatic rings.